The van der Waals surface area contributed by atoms with Crippen LogP contribution < -0.4 is 0 Å². The van der Waals surface area contributed by atoms with E-state index in [-0.39, 0.29) is 11.5 Å². The van der Waals surface area contributed by atoms with Gasteiger partial charge < -0.3 is 9.09 Å². The Bertz CT molecular complexity index is 1460. The molecule has 0 saturated heterocycles. The first-order chi connectivity index (χ1) is 16.2. The minimum absolute atomic E-state index is 0.0371. The number of hydrogen-bond acceptors (Lipinski definition) is 4. The molecule has 0 unspecified atom stereocenters. The number of nitrogens with zero attached hydrogens (tertiary/aromatic N) is 4. The lowest BCUT2D eigenvalue weighted by Gasteiger charge is -2.07. The molecule has 1 aromatic carbocycles. The van der Waals surface area contributed by atoms with Gasteiger partial charge in [-0.15, -0.1) is 0 Å². The monoisotopic (exact) mass is 469 g/mol. The molecule has 0 aliphatic rings. The summed E-state index contributed by atoms with van der Waals surface area (Å²) in [6.07, 6.45) is -0.739. The highest BCUT2D eigenvalue weighted by atomic mass is 19.4. The van der Waals surface area contributed by atoms with Gasteiger partial charge in [-0.2, -0.15) is 18.3 Å². The highest BCUT2D eigenvalue weighted by Gasteiger charge is 2.31. The zero-order valence-electron chi connectivity index (χ0n) is 18.2. The van der Waals surface area contributed by atoms with Crippen LogP contribution in [-0.4, -0.2) is 31.1 Å². The number of aromatic amines is 1. The predicted molar refractivity (Wildman–Crippen MR) is 118 cm³/mol. The number of aromatic nitrogens is 5. The van der Waals surface area contributed by atoms with Crippen molar-refractivity contribution in [2.75, 3.05) is 0 Å². The summed E-state index contributed by atoms with van der Waals surface area (Å²) in [4.78, 5) is 4.62. The first-order valence-electron chi connectivity index (χ1n) is 10.5. The zero-order valence-corrected chi connectivity index (χ0v) is 18.2. The predicted octanol–water partition coefficient (Wildman–Crippen LogP) is 5.99. The lowest BCUT2D eigenvalue weighted by atomic mass is 10.0. The molecule has 6 nitrogen and oxygen atoms in total. The van der Waals surface area contributed by atoms with Crippen LogP contribution in [0.2, 0.25) is 0 Å². The highest BCUT2D eigenvalue weighted by Crippen LogP contribution is 2.36. The third-order valence-electron chi connectivity index (χ3n) is 5.69. The van der Waals surface area contributed by atoms with Gasteiger partial charge in [0.25, 0.3) is 0 Å². The number of rotatable bonds is 5. The average Bonchev–Trinajstić information content (AvgIpc) is 3.46. The van der Waals surface area contributed by atoms with Crippen molar-refractivity contribution in [3.63, 3.8) is 0 Å². The highest BCUT2D eigenvalue weighted by molar-refractivity contribution is 5.95. The van der Waals surface area contributed by atoms with Gasteiger partial charge in [-0.1, -0.05) is 17.3 Å². The van der Waals surface area contributed by atoms with Crippen LogP contribution in [-0.2, 0) is 13.0 Å². The Balaban J connectivity index is 1.68. The quantitative estimate of drug-likeness (QED) is 0.321. The molecular formula is C24H19F4N5O. The molecule has 174 valence electrons. The van der Waals surface area contributed by atoms with Gasteiger partial charge in [0.2, 0.25) is 0 Å². The minimum atomic E-state index is -4.39. The molecule has 0 atom stereocenters. The Labute approximate surface area is 191 Å². The molecule has 0 saturated carbocycles. The number of halogens is 4. The van der Waals surface area contributed by atoms with Gasteiger partial charge in [-0.3, -0.25) is 10.1 Å². The topological polar surface area (TPSA) is 72.5 Å². The van der Waals surface area contributed by atoms with Crippen molar-refractivity contribution in [2.45, 2.75) is 33.0 Å². The average molecular weight is 469 g/mol. The SMILES string of the molecule is Cc1noc(C)c1-c1cnc2c(-c3cn[nH]c3CC(F)(F)F)cn(Cc3ccc(F)cc3)c2c1. The van der Waals surface area contributed by atoms with Crippen molar-refractivity contribution in [1.29, 1.82) is 0 Å². The van der Waals surface area contributed by atoms with Crippen molar-refractivity contribution in [3.05, 3.63) is 77.5 Å². The van der Waals surface area contributed by atoms with E-state index in [1.165, 1.54) is 18.3 Å². The molecule has 5 rings (SSSR count). The van der Waals surface area contributed by atoms with Crippen molar-refractivity contribution in [1.82, 2.24) is 24.9 Å². The molecule has 0 aliphatic heterocycles. The molecule has 4 heterocycles. The molecule has 0 spiro atoms. The Morgan fingerprint density at radius 2 is 1.82 bits per heavy atom. The molecule has 0 radical (unpaired) electrons. The summed E-state index contributed by atoms with van der Waals surface area (Å²) in [5.41, 5.74) is 5.17. The van der Waals surface area contributed by atoms with Crippen LogP contribution in [0.25, 0.3) is 33.3 Å². The summed E-state index contributed by atoms with van der Waals surface area (Å²) in [5, 5.41) is 10.3. The van der Waals surface area contributed by atoms with Crippen LogP contribution in [0.3, 0.4) is 0 Å². The minimum Gasteiger partial charge on any atom is -0.361 e. The summed E-state index contributed by atoms with van der Waals surface area (Å²) in [7, 11) is 0. The number of fused-ring (bicyclic) bond motifs is 1. The Kier molecular flexibility index (Phi) is 5.22. The molecule has 0 fully saturated rings. The van der Waals surface area contributed by atoms with Gasteiger partial charge in [0.15, 0.2) is 0 Å². The van der Waals surface area contributed by atoms with Gasteiger partial charge in [0.05, 0.1) is 35.0 Å². The van der Waals surface area contributed by atoms with Crippen LogP contribution in [0.5, 0.6) is 0 Å². The molecular weight excluding hydrogens is 450 g/mol. The second kappa shape index (κ2) is 8.12. The molecule has 0 bridgehead atoms. The lowest BCUT2D eigenvalue weighted by Crippen LogP contribution is -2.12. The summed E-state index contributed by atoms with van der Waals surface area (Å²) in [5.74, 6) is 0.289. The van der Waals surface area contributed by atoms with Crippen molar-refractivity contribution in [3.8, 4) is 22.3 Å². The van der Waals surface area contributed by atoms with Gasteiger partial charge in [-0.25, -0.2) is 4.39 Å². The van der Waals surface area contributed by atoms with E-state index in [9.17, 15) is 17.6 Å². The Morgan fingerprint density at radius 3 is 2.50 bits per heavy atom. The van der Waals surface area contributed by atoms with Crippen LogP contribution >= 0.6 is 0 Å². The fourth-order valence-corrected chi connectivity index (χ4v) is 4.19. The van der Waals surface area contributed by atoms with E-state index in [0.717, 1.165) is 16.7 Å². The van der Waals surface area contributed by atoms with Crippen LogP contribution in [0.15, 0.2) is 53.4 Å². The van der Waals surface area contributed by atoms with E-state index >= 15 is 0 Å². The van der Waals surface area contributed by atoms with Crippen LogP contribution in [0.1, 0.15) is 22.7 Å². The van der Waals surface area contributed by atoms with E-state index in [1.54, 1.807) is 31.5 Å². The van der Waals surface area contributed by atoms with Crippen molar-refractivity contribution in [2.24, 2.45) is 0 Å². The molecule has 0 amide bonds. The van der Waals surface area contributed by atoms with Crippen LogP contribution in [0, 0.1) is 19.7 Å². The van der Waals surface area contributed by atoms with Gasteiger partial charge in [-0.05, 0) is 37.6 Å². The van der Waals surface area contributed by atoms with Crippen molar-refractivity contribution < 1.29 is 22.1 Å². The molecule has 10 heteroatoms. The number of hydrogen-bond donors (Lipinski definition) is 1. The molecule has 4 aromatic heterocycles. The summed E-state index contributed by atoms with van der Waals surface area (Å²) >= 11 is 0. The number of benzene rings is 1. The summed E-state index contributed by atoms with van der Waals surface area (Å²) < 4.78 is 59.9. The van der Waals surface area contributed by atoms with Gasteiger partial charge in [0.1, 0.15) is 11.6 Å². The third-order valence-corrected chi connectivity index (χ3v) is 5.69. The number of nitrogens with one attached hydrogen (secondary N) is 1. The largest absolute Gasteiger partial charge is 0.394 e. The maximum Gasteiger partial charge on any atom is 0.394 e. The van der Waals surface area contributed by atoms with E-state index < -0.39 is 12.6 Å². The normalized spacial score (nSPS) is 12.1. The summed E-state index contributed by atoms with van der Waals surface area (Å²) in [6.45, 7) is 4.00. The Morgan fingerprint density at radius 1 is 1.06 bits per heavy atom. The van der Waals surface area contributed by atoms with Crippen molar-refractivity contribution >= 4 is 11.0 Å². The smallest absolute Gasteiger partial charge is 0.361 e. The maximum atomic E-state index is 13.4. The molecule has 0 aliphatic carbocycles. The zero-order chi connectivity index (χ0) is 24.0. The first kappa shape index (κ1) is 21.9. The number of alkyl halides is 3. The van der Waals surface area contributed by atoms with E-state index in [1.807, 2.05) is 17.6 Å². The third kappa shape index (κ3) is 4.07. The lowest BCUT2D eigenvalue weighted by molar-refractivity contribution is -0.127. The molecule has 1 N–H and O–H groups in total. The van der Waals surface area contributed by atoms with E-state index in [2.05, 4.69) is 20.3 Å². The molecule has 5 aromatic rings. The second-order valence-electron chi connectivity index (χ2n) is 8.14. The first-order valence-corrected chi connectivity index (χ1v) is 10.5. The van der Waals surface area contributed by atoms with Crippen LogP contribution in [0.4, 0.5) is 17.6 Å². The van der Waals surface area contributed by atoms with E-state index in [4.69, 9.17) is 4.52 Å². The fraction of sp³-hybridized carbons (Fsp3) is 0.208. The standard InChI is InChI=1S/C24H19F4N5O/c1-13-22(14(2)34-32-13)16-7-21-23(29-9-16)19(18-10-30-31-20(18)8-24(26,27)28)12-33(21)11-15-3-5-17(25)6-4-15/h3-7,9-10,12H,8,11H2,1-2H3,(H,30,31). The number of aryl methyl sites for hydroxylation is 2. The number of pyridine rings is 1. The fourth-order valence-electron chi connectivity index (χ4n) is 4.19. The maximum absolute atomic E-state index is 13.4. The number of H-pyrrole nitrogens is 1. The van der Waals surface area contributed by atoms with E-state index in [0.29, 0.717) is 40.2 Å². The second-order valence-corrected chi connectivity index (χ2v) is 8.14. The summed E-state index contributed by atoms with van der Waals surface area (Å²) in [6, 6.07) is 7.98. The van der Waals surface area contributed by atoms with Gasteiger partial charge >= 0.3 is 6.18 Å². The Hall–Kier alpha value is -3.95. The molecule has 34 heavy (non-hydrogen) atoms. The van der Waals surface area contributed by atoms with Gasteiger partial charge in [0, 0.05) is 41.2 Å².